The number of carbonyl (C=O) groups excluding carboxylic acids is 1. The van der Waals surface area contributed by atoms with Crippen LogP contribution in [0.5, 0.6) is 11.6 Å². The number of fused-ring (bicyclic) bond motifs is 1. The van der Waals surface area contributed by atoms with Crippen LogP contribution < -0.4 is 15.8 Å². The third kappa shape index (κ3) is 5.90. The summed E-state index contributed by atoms with van der Waals surface area (Å²) in [5, 5.41) is 10.6. The van der Waals surface area contributed by atoms with Crippen molar-refractivity contribution >= 4 is 22.8 Å². The van der Waals surface area contributed by atoms with Gasteiger partial charge in [0, 0.05) is 58.1 Å². The van der Waals surface area contributed by atoms with E-state index in [9.17, 15) is 4.79 Å². The van der Waals surface area contributed by atoms with Gasteiger partial charge in [0.25, 0.3) is 5.91 Å². The van der Waals surface area contributed by atoms with Crippen LogP contribution in [0.1, 0.15) is 16.8 Å². The molecule has 0 saturated carbocycles. The molecule has 0 atom stereocenters. The number of nitrogens with two attached hydrogens (primary N) is 1. The van der Waals surface area contributed by atoms with Gasteiger partial charge in [0.05, 0.1) is 24.9 Å². The average Bonchev–Trinajstić information content (AvgIpc) is 3.52. The number of ether oxygens (including phenoxy) is 3. The second kappa shape index (κ2) is 12.0. The Balaban J connectivity index is 1.31. The lowest BCUT2D eigenvalue weighted by atomic mass is 10.2. The van der Waals surface area contributed by atoms with Gasteiger partial charge in [-0.3, -0.25) is 9.69 Å². The van der Waals surface area contributed by atoms with E-state index in [-0.39, 0.29) is 11.7 Å². The van der Waals surface area contributed by atoms with Crippen LogP contribution in [-0.4, -0.2) is 88.8 Å². The summed E-state index contributed by atoms with van der Waals surface area (Å²) in [6, 6.07) is 8.79. The molecule has 4 heterocycles. The van der Waals surface area contributed by atoms with Gasteiger partial charge in [-0.1, -0.05) is 6.07 Å². The molecule has 1 fully saturated rings. The molecule has 0 bridgehead atoms. The van der Waals surface area contributed by atoms with Crippen molar-refractivity contribution < 1.29 is 23.6 Å². The smallest absolute Gasteiger partial charge is 0.251 e. The molecule has 4 aromatic rings. The Morgan fingerprint density at radius 3 is 2.84 bits per heavy atom. The van der Waals surface area contributed by atoms with E-state index in [4.69, 9.17) is 24.6 Å². The number of carbonyl (C=O) groups is 1. The van der Waals surface area contributed by atoms with Gasteiger partial charge in [-0.2, -0.15) is 0 Å². The van der Waals surface area contributed by atoms with Crippen molar-refractivity contribution in [2.75, 3.05) is 58.8 Å². The van der Waals surface area contributed by atoms with Crippen LogP contribution in [0.15, 0.2) is 41.2 Å². The molecule has 5 rings (SSSR count). The van der Waals surface area contributed by atoms with Crippen molar-refractivity contribution in [3.8, 4) is 23.1 Å². The van der Waals surface area contributed by atoms with E-state index in [2.05, 4.69) is 30.5 Å². The number of nitrogen functional groups attached to an aromatic ring is 1. The zero-order chi connectivity index (χ0) is 26.3. The maximum atomic E-state index is 12.7. The number of aryl methyl sites for hydroxylation is 1. The summed E-state index contributed by atoms with van der Waals surface area (Å²) < 4.78 is 23.3. The largest absolute Gasteiger partial charge is 0.439 e. The molecular weight excluding hydrogens is 492 g/mol. The third-order valence-electron chi connectivity index (χ3n) is 6.20. The fourth-order valence-electron chi connectivity index (χ4n) is 4.27. The van der Waals surface area contributed by atoms with E-state index in [0.29, 0.717) is 53.9 Å². The number of anilines is 1. The molecular formula is C25H30N8O5. The van der Waals surface area contributed by atoms with E-state index in [1.807, 2.05) is 4.57 Å². The average molecular weight is 523 g/mol. The predicted molar refractivity (Wildman–Crippen MR) is 138 cm³/mol. The Morgan fingerprint density at radius 2 is 2.05 bits per heavy atom. The highest BCUT2D eigenvalue weighted by Gasteiger charge is 2.20. The Bertz CT molecular complexity index is 1380. The number of amides is 1. The Kier molecular flexibility index (Phi) is 8.06. The number of morpholine rings is 1. The zero-order valence-corrected chi connectivity index (χ0v) is 21.1. The van der Waals surface area contributed by atoms with Crippen molar-refractivity contribution in [2.24, 2.45) is 0 Å². The molecule has 1 aromatic carbocycles. The molecule has 13 heteroatoms. The summed E-state index contributed by atoms with van der Waals surface area (Å²) in [5.74, 6) is 1.36. The summed E-state index contributed by atoms with van der Waals surface area (Å²) >= 11 is 0. The number of nitrogens with one attached hydrogen (secondary N) is 1. The van der Waals surface area contributed by atoms with Crippen LogP contribution in [-0.2, 0) is 16.0 Å². The Morgan fingerprint density at radius 1 is 1.18 bits per heavy atom. The number of hydrogen-bond acceptors (Lipinski definition) is 11. The van der Waals surface area contributed by atoms with Gasteiger partial charge in [-0.05, 0) is 34.9 Å². The van der Waals surface area contributed by atoms with Crippen LogP contribution >= 0.6 is 0 Å². The number of imidazole rings is 1. The molecule has 0 unspecified atom stereocenters. The van der Waals surface area contributed by atoms with Crippen molar-refractivity contribution in [1.82, 2.24) is 35.1 Å². The van der Waals surface area contributed by atoms with Crippen LogP contribution in [0.3, 0.4) is 0 Å². The minimum atomic E-state index is -0.160. The number of benzene rings is 1. The monoisotopic (exact) mass is 522 g/mol. The molecule has 1 aliphatic heterocycles. The number of pyridine rings is 1. The van der Waals surface area contributed by atoms with Gasteiger partial charge in [0.15, 0.2) is 17.3 Å². The molecule has 3 aromatic heterocycles. The van der Waals surface area contributed by atoms with Crippen LogP contribution in [0.25, 0.3) is 22.6 Å². The number of rotatable bonds is 11. The highest BCUT2D eigenvalue weighted by molar-refractivity contribution is 5.94. The highest BCUT2D eigenvalue weighted by atomic mass is 16.6. The van der Waals surface area contributed by atoms with Gasteiger partial charge < -0.3 is 29.8 Å². The van der Waals surface area contributed by atoms with E-state index in [1.54, 1.807) is 43.6 Å². The Labute approximate surface area is 218 Å². The SMILES string of the molecule is COCCCn1c(-c2nonc2N)nc2cnc(Oc3cccc(C(=O)NCCN4CCOCC4)c3)cc21. The second-order valence-corrected chi connectivity index (χ2v) is 8.78. The number of methoxy groups -OCH3 is 1. The maximum Gasteiger partial charge on any atom is 0.251 e. The van der Waals surface area contributed by atoms with Crippen LogP contribution in [0, 0.1) is 0 Å². The van der Waals surface area contributed by atoms with Gasteiger partial charge in [0.1, 0.15) is 11.3 Å². The van der Waals surface area contributed by atoms with Crippen molar-refractivity contribution in [3.05, 3.63) is 42.1 Å². The summed E-state index contributed by atoms with van der Waals surface area (Å²) in [4.78, 5) is 24.0. The number of nitrogens with zero attached hydrogens (tertiary/aromatic N) is 6. The van der Waals surface area contributed by atoms with Gasteiger partial charge in [-0.25, -0.2) is 14.6 Å². The molecule has 1 aliphatic rings. The first-order chi connectivity index (χ1) is 18.6. The molecule has 0 radical (unpaired) electrons. The van der Waals surface area contributed by atoms with Crippen molar-refractivity contribution in [1.29, 1.82) is 0 Å². The minimum absolute atomic E-state index is 0.151. The summed E-state index contributed by atoms with van der Waals surface area (Å²) in [6.45, 7) is 5.73. The second-order valence-electron chi connectivity index (χ2n) is 8.78. The van der Waals surface area contributed by atoms with Crippen molar-refractivity contribution in [2.45, 2.75) is 13.0 Å². The molecule has 200 valence electrons. The maximum absolute atomic E-state index is 12.7. The first kappa shape index (κ1) is 25.6. The molecule has 0 spiro atoms. The lowest BCUT2D eigenvalue weighted by Gasteiger charge is -2.26. The van der Waals surface area contributed by atoms with E-state index in [1.165, 1.54) is 0 Å². The highest BCUT2D eigenvalue weighted by Crippen LogP contribution is 2.29. The minimum Gasteiger partial charge on any atom is -0.439 e. The lowest BCUT2D eigenvalue weighted by Crippen LogP contribution is -2.41. The van der Waals surface area contributed by atoms with E-state index in [0.717, 1.165) is 44.8 Å². The molecule has 1 amide bonds. The standard InChI is InChI=1S/C25H30N8O5/c1-35-11-3-7-33-20-15-21(28-16-19(20)29-24(33)22-23(26)31-38-30-22)37-18-5-2-4-17(14-18)25(34)27-6-8-32-9-12-36-13-10-32/h2,4-5,14-16H,3,6-13H2,1H3,(H2,26,31)(H,27,34). The quantitative estimate of drug-likeness (QED) is 0.278. The molecule has 1 saturated heterocycles. The van der Waals surface area contributed by atoms with Crippen LogP contribution in [0.2, 0.25) is 0 Å². The first-order valence-corrected chi connectivity index (χ1v) is 12.4. The third-order valence-corrected chi connectivity index (χ3v) is 6.20. The lowest BCUT2D eigenvalue weighted by molar-refractivity contribution is 0.0383. The van der Waals surface area contributed by atoms with Gasteiger partial charge in [-0.15, -0.1) is 0 Å². The molecule has 3 N–H and O–H groups in total. The van der Waals surface area contributed by atoms with E-state index >= 15 is 0 Å². The van der Waals surface area contributed by atoms with Crippen molar-refractivity contribution in [3.63, 3.8) is 0 Å². The summed E-state index contributed by atoms with van der Waals surface area (Å²) in [6.07, 6.45) is 2.36. The first-order valence-electron chi connectivity index (χ1n) is 12.4. The summed E-state index contributed by atoms with van der Waals surface area (Å²) in [7, 11) is 1.65. The molecule has 0 aliphatic carbocycles. The van der Waals surface area contributed by atoms with Crippen LogP contribution in [0.4, 0.5) is 5.82 Å². The van der Waals surface area contributed by atoms with Gasteiger partial charge >= 0.3 is 0 Å². The topological polar surface area (TPSA) is 156 Å². The normalized spacial score (nSPS) is 14.1. The Hall–Kier alpha value is -4.07. The van der Waals surface area contributed by atoms with Gasteiger partial charge in [0.2, 0.25) is 5.88 Å². The number of aromatic nitrogens is 5. The predicted octanol–water partition coefficient (Wildman–Crippen LogP) is 1.95. The molecule has 38 heavy (non-hydrogen) atoms. The fourth-order valence-corrected chi connectivity index (χ4v) is 4.27. The number of hydrogen-bond donors (Lipinski definition) is 2. The van der Waals surface area contributed by atoms with E-state index < -0.39 is 0 Å². The zero-order valence-electron chi connectivity index (χ0n) is 21.1. The summed E-state index contributed by atoms with van der Waals surface area (Å²) in [5.41, 5.74) is 8.21. The fraction of sp³-hybridized carbons (Fsp3) is 0.400. The molecule has 13 nitrogen and oxygen atoms in total.